The summed E-state index contributed by atoms with van der Waals surface area (Å²) >= 11 is 0. The average molecular weight is 499 g/mol. The third-order valence-corrected chi connectivity index (χ3v) is 6.08. The fourth-order valence-corrected chi connectivity index (χ4v) is 3.96. The molecule has 2 aromatic rings. The molecule has 0 saturated carbocycles. The first-order chi connectivity index (χ1) is 15.0. The van der Waals surface area contributed by atoms with Crippen LogP contribution in [0.3, 0.4) is 0 Å². The van der Waals surface area contributed by atoms with Gasteiger partial charge >= 0.3 is 0 Å². The highest BCUT2D eigenvalue weighted by molar-refractivity contribution is 5.95. The van der Waals surface area contributed by atoms with E-state index in [4.69, 9.17) is 4.74 Å². The lowest BCUT2D eigenvalue weighted by atomic mass is 10.1. The van der Waals surface area contributed by atoms with Gasteiger partial charge in [-0.1, -0.05) is 37.3 Å². The molecule has 0 aromatic heterocycles. The number of piperazine rings is 1. The summed E-state index contributed by atoms with van der Waals surface area (Å²) < 4.78 is 19.4. The Hall–Kier alpha value is -1.50. The Morgan fingerprint density at radius 3 is 2.24 bits per heavy atom. The van der Waals surface area contributed by atoms with E-state index in [1.165, 1.54) is 17.7 Å². The van der Waals surface area contributed by atoms with Crippen LogP contribution in [0, 0.1) is 5.82 Å². The lowest BCUT2D eigenvalue weighted by molar-refractivity contribution is -0.106. The lowest BCUT2D eigenvalue weighted by Gasteiger charge is -2.40. The van der Waals surface area contributed by atoms with Crippen LogP contribution in [0.25, 0.3) is 0 Å². The van der Waals surface area contributed by atoms with E-state index in [0.717, 1.165) is 52.0 Å². The van der Waals surface area contributed by atoms with Crippen molar-refractivity contribution in [3.63, 3.8) is 0 Å². The van der Waals surface area contributed by atoms with E-state index in [1.54, 1.807) is 12.1 Å². The molecular formula is C26H37Cl2FN2O2. The monoisotopic (exact) mass is 498 g/mol. The highest BCUT2D eigenvalue weighted by Gasteiger charge is 2.25. The summed E-state index contributed by atoms with van der Waals surface area (Å²) in [6, 6.07) is 16.4. The number of hydrogen-bond donors (Lipinski definition) is 0. The quantitative estimate of drug-likeness (QED) is 0.375. The van der Waals surface area contributed by atoms with Crippen molar-refractivity contribution in [1.82, 2.24) is 9.80 Å². The predicted octanol–water partition coefficient (Wildman–Crippen LogP) is 5.63. The molecule has 0 amide bonds. The van der Waals surface area contributed by atoms with E-state index >= 15 is 0 Å². The molecule has 1 aliphatic heterocycles. The number of rotatable bonds is 11. The second-order valence-corrected chi connectivity index (χ2v) is 8.41. The molecule has 0 bridgehead atoms. The predicted molar refractivity (Wildman–Crippen MR) is 137 cm³/mol. The van der Waals surface area contributed by atoms with Gasteiger partial charge in [0, 0.05) is 44.6 Å². The van der Waals surface area contributed by atoms with Crippen molar-refractivity contribution in [3.8, 4) is 0 Å². The maximum Gasteiger partial charge on any atom is 0.162 e. The Morgan fingerprint density at radius 2 is 1.64 bits per heavy atom. The first kappa shape index (κ1) is 29.5. The summed E-state index contributed by atoms with van der Waals surface area (Å²) in [5, 5.41) is 0. The van der Waals surface area contributed by atoms with Crippen molar-refractivity contribution >= 4 is 30.6 Å². The summed E-state index contributed by atoms with van der Waals surface area (Å²) in [5.74, 6) is -0.221. The lowest BCUT2D eigenvalue weighted by Crippen LogP contribution is -2.52. The second kappa shape index (κ2) is 15.4. The molecule has 3 rings (SSSR count). The zero-order valence-corrected chi connectivity index (χ0v) is 21.3. The molecule has 0 spiro atoms. The molecule has 1 heterocycles. The molecule has 33 heavy (non-hydrogen) atoms. The number of carbonyl (C=O) groups excluding carboxylic acids is 1. The minimum Gasteiger partial charge on any atom is -0.360 e. The number of ether oxygens (including phenoxy) is 1. The van der Waals surface area contributed by atoms with E-state index in [9.17, 15) is 9.18 Å². The number of benzene rings is 2. The molecule has 1 aliphatic rings. The number of ketones is 1. The van der Waals surface area contributed by atoms with Gasteiger partial charge in [0.2, 0.25) is 0 Å². The second-order valence-electron chi connectivity index (χ2n) is 8.41. The minimum absolute atomic E-state index is 0. The Morgan fingerprint density at radius 1 is 1.00 bits per heavy atom. The van der Waals surface area contributed by atoms with Gasteiger partial charge < -0.3 is 9.64 Å². The zero-order chi connectivity index (χ0) is 22.1. The molecule has 1 saturated heterocycles. The van der Waals surface area contributed by atoms with Crippen LogP contribution in [0.1, 0.15) is 49.0 Å². The van der Waals surface area contributed by atoms with Gasteiger partial charge in [0.1, 0.15) is 12.0 Å². The molecule has 0 radical (unpaired) electrons. The molecule has 2 unspecified atom stereocenters. The molecule has 0 N–H and O–H groups in total. The maximum absolute atomic E-state index is 13.0. The summed E-state index contributed by atoms with van der Waals surface area (Å²) in [5.41, 5.74) is 1.90. The molecule has 2 aromatic carbocycles. The fourth-order valence-electron chi connectivity index (χ4n) is 3.96. The smallest absolute Gasteiger partial charge is 0.162 e. The van der Waals surface area contributed by atoms with Crippen LogP contribution in [0.15, 0.2) is 54.6 Å². The van der Waals surface area contributed by atoms with Gasteiger partial charge in [0.25, 0.3) is 0 Å². The van der Waals surface area contributed by atoms with Crippen LogP contribution in [-0.4, -0.2) is 60.6 Å². The van der Waals surface area contributed by atoms with Gasteiger partial charge in [-0.05, 0) is 56.1 Å². The maximum atomic E-state index is 13.0. The molecule has 184 valence electrons. The standard InChI is InChI=1S/C26H35FN2O2.2ClH/c1-3-21(2)31-26(20-22-8-5-4-6-9-22)29-18-16-28(17-19-29)15-7-10-25(30)23-11-13-24(27)14-12-23;;/h4-6,8-9,11-14,21,26H,3,7,10,15-20H2,1-2H3;2*1H. The van der Waals surface area contributed by atoms with Crippen LogP contribution < -0.4 is 0 Å². The van der Waals surface area contributed by atoms with E-state index in [2.05, 4.69) is 47.9 Å². The SMILES string of the molecule is CCC(C)OC(Cc1ccccc1)N1CCN(CCCC(=O)c2ccc(F)cc2)CC1.Cl.Cl. The normalized spacial score (nSPS) is 16.3. The Bertz CT molecular complexity index is 800. The molecule has 7 heteroatoms. The molecule has 2 atom stereocenters. The van der Waals surface area contributed by atoms with Gasteiger partial charge in [-0.2, -0.15) is 0 Å². The Kier molecular flexibility index (Phi) is 13.8. The molecule has 0 aliphatic carbocycles. The largest absolute Gasteiger partial charge is 0.360 e. The first-order valence-electron chi connectivity index (χ1n) is 11.5. The van der Waals surface area contributed by atoms with Gasteiger partial charge in [0.15, 0.2) is 5.78 Å². The van der Waals surface area contributed by atoms with Crippen molar-refractivity contribution in [2.45, 2.75) is 51.9 Å². The molecule has 4 nitrogen and oxygen atoms in total. The summed E-state index contributed by atoms with van der Waals surface area (Å²) in [6.45, 7) is 9.14. The Balaban J connectivity index is 0.00000272. The number of halogens is 3. The number of hydrogen-bond acceptors (Lipinski definition) is 4. The Labute approximate surface area is 210 Å². The minimum atomic E-state index is -0.308. The van der Waals surface area contributed by atoms with Gasteiger partial charge in [0.05, 0.1) is 6.10 Å². The van der Waals surface area contributed by atoms with Crippen molar-refractivity contribution in [2.75, 3.05) is 32.7 Å². The number of carbonyl (C=O) groups is 1. The highest BCUT2D eigenvalue weighted by atomic mass is 35.5. The molecular weight excluding hydrogens is 462 g/mol. The van der Waals surface area contributed by atoms with Crippen LogP contribution in [-0.2, 0) is 11.2 Å². The molecule has 1 fully saturated rings. The highest BCUT2D eigenvalue weighted by Crippen LogP contribution is 2.17. The van der Waals surface area contributed by atoms with E-state index in [-0.39, 0.29) is 48.7 Å². The van der Waals surface area contributed by atoms with E-state index < -0.39 is 0 Å². The zero-order valence-electron chi connectivity index (χ0n) is 19.6. The summed E-state index contributed by atoms with van der Waals surface area (Å²) in [7, 11) is 0. The van der Waals surface area contributed by atoms with Crippen molar-refractivity contribution in [1.29, 1.82) is 0 Å². The average Bonchev–Trinajstić information content (AvgIpc) is 2.80. The van der Waals surface area contributed by atoms with Crippen molar-refractivity contribution < 1.29 is 13.9 Å². The first-order valence-corrected chi connectivity index (χ1v) is 11.5. The topological polar surface area (TPSA) is 32.8 Å². The van der Waals surface area contributed by atoms with Gasteiger partial charge in [-0.25, -0.2) is 4.39 Å². The van der Waals surface area contributed by atoms with E-state index in [1.807, 2.05) is 6.07 Å². The van der Waals surface area contributed by atoms with Crippen LogP contribution in [0.4, 0.5) is 4.39 Å². The van der Waals surface area contributed by atoms with E-state index in [0.29, 0.717) is 12.0 Å². The fraction of sp³-hybridized carbons (Fsp3) is 0.500. The van der Waals surface area contributed by atoms with Crippen LogP contribution in [0.2, 0.25) is 0 Å². The van der Waals surface area contributed by atoms with Crippen LogP contribution >= 0.6 is 24.8 Å². The van der Waals surface area contributed by atoms with Crippen molar-refractivity contribution in [3.05, 3.63) is 71.5 Å². The number of Topliss-reactive ketones (excluding diaryl/α,β-unsaturated/α-hetero) is 1. The van der Waals surface area contributed by atoms with Gasteiger partial charge in [-0.3, -0.25) is 9.69 Å². The van der Waals surface area contributed by atoms with Gasteiger partial charge in [-0.15, -0.1) is 24.8 Å². The summed E-state index contributed by atoms with van der Waals surface area (Å²) in [6.07, 6.45) is 3.57. The third kappa shape index (κ3) is 9.71. The van der Waals surface area contributed by atoms with Crippen LogP contribution in [0.5, 0.6) is 0 Å². The van der Waals surface area contributed by atoms with Crippen molar-refractivity contribution in [2.24, 2.45) is 0 Å². The number of nitrogens with zero attached hydrogens (tertiary/aromatic N) is 2. The third-order valence-electron chi connectivity index (χ3n) is 6.08. The summed E-state index contributed by atoms with van der Waals surface area (Å²) in [4.78, 5) is 17.2.